The number of hydrogen-bond donors (Lipinski definition) is 2. The average molecular weight is 274 g/mol. The van der Waals surface area contributed by atoms with E-state index in [0.717, 1.165) is 31.5 Å². The first-order chi connectivity index (χ1) is 9.56. The third-order valence-electron chi connectivity index (χ3n) is 4.58. The predicted octanol–water partition coefficient (Wildman–Crippen LogP) is 2.47. The van der Waals surface area contributed by atoms with Gasteiger partial charge in [-0.2, -0.15) is 0 Å². The van der Waals surface area contributed by atoms with Gasteiger partial charge in [-0.25, -0.2) is 0 Å². The minimum atomic E-state index is -0.365. The molecule has 1 fully saturated rings. The molecule has 3 nitrogen and oxygen atoms in total. The number of hydrogen-bond acceptors (Lipinski definition) is 2. The number of benzene rings is 1. The van der Waals surface area contributed by atoms with E-state index in [1.165, 1.54) is 0 Å². The molecule has 2 rings (SSSR count). The quantitative estimate of drug-likeness (QED) is 0.885. The SMILES string of the molecule is CC(C)C(C)NC(=O)C1(c2ccccc2)CCNCC1. The first-order valence-corrected chi connectivity index (χ1v) is 7.63. The number of nitrogens with one attached hydrogen (secondary N) is 2. The smallest absolute Gasteiger partial charge is 0.230 e. The fourth-order valence-electron chi connectivity index (χ4n) is 2.77. The molecule has 0 aliphatic carbocycles. The molecule has 2 N–H and O–H groups in total. The van der Waals surface area contributed by atoms with Gasteiger partial charge in [0.2, 0.25) is 5.91 Å². The summed E-state index contributed by atoms with van der Waals surface area (Å²) in [6, 6.07) is 10.4. The molecule has 1 amide bonds. The molecule has 1 saturated heterocycles. The molecule has 20 heavy (non-hydrogen) atoms. The molecule has 1 aliphatic rings. The van der Waals surface area contributed by atoms with Gasteiger partial charge in [-0.1, -0.05) is 44.2 Å². The van der Waals surface area contributed by atoms with E-state index in [1.807, 2.05) is 18.2 Å². The lowest BCUT2D eigenvalue weighted by Gasteiger charge is -2.38. The van der Waals surface area contributed by atoms with E-state index in [2.05, 4.69) is 43.5 Å². The summed E-state index contributed by atoms with van der Waals surface area (Å²) in [5.74, 6) is 0.639. The summed E-state index contributed by atoms with van der Waals surface area (Å²) >= 11 is 0. The Kier molecular flexibility index (Phi) is 4.81. The van der Waals surface area contributed by atoms with Crippen LogP contribution < -0.4 is 10.6 Å². The van der Waals surface area contributed by atoms with Crippen LogP contribution in [-0.4, -0.2) is 25.0 Å². The zero-order chi connectivity index (χ0) is 14.6. The summed E-state index contributed by atoms with van der Waals surface area (Å²) in [6.07, 6.45) is 1.74. The lowest BCUT2D eigenvalue weighted by atomic mass is 9.72. The monoisotopic (exact) mass is 274 g/mol. The maximum absolute atomic E-state index is 12.9. The lowest BCUT2D eigenvalue weighted by Crippen LogP contribution is -2.53. The minimum absolute atomic E-state index is 0.186. The van der Waals surface area contributed by atoms with Crippen molar-refractivity contribution in [3.8, 4) is 0 Å². The molecule has 0 saturated carbocycles. The van der Waals surface area contributed by atoms with Gasteiger partial charge in [-0.05, 0) is 44.3 Å². The van der Waals surface area contributed by atoms with Crippen molar-refractivity contribution in [3.05, 3.63) is 35.9 Å². The highest BCUT2D eigenvalue weighted by Gasteiger charge is 2.41. The zero-order valence-corrected chi connectivity index (χ0v) is 12.8. The average Bonchev–Trinajstić information content (AvgIpc) is 2.48. The van der Waals surface area contributed by atoms with Gasteiger partial charge in [0.25, 0.3) is 0 Å². The fraction of sp³-hybridized carbons (Fsp3) is 0.588. The van der Waals surface area contributed by atoms with Crippen LogP contribution in [-0.2, 0) is 10.2 Å². The second kappa shape index (κ2) is 6.40. The van der Waals surface area contributed by atoms with Crippen LogP contribution in [0.4, 0.5) is 0 Å². The molecule has 1 aromatic rings. The van der Waals surface area contributed by atoms with Gasteiger partial charge >= 0.3 is 0 Å². The third kappa shape index (κ3) is 3.04. The van der Waals surface area contributed by atoms with Crippen LogP contribution >= 0.6 is 0 Å². The van der Waals surface area contributed by atoms with Crippen LogP contribution in [0.1, 0.15) is 39.2 Å². The Morgan fingerprint density at radius 2 is 1.75 bits per heavy atom. The topological polar surface area (TPSA) is 41.1 Å². The van der Waals surface area contributed by atoms with Gasteiger partial charge in [0.05, 0.1) is 5.41 Å². The molecule has 1 unspecified atom stereocenters. The summed E-state index contributed by atoms with van der Waals surface area (Å²) in [7, 11) is 0. The van der Waals surface area contributed by atoms with Crippen LogP contribution in [0.3, 0.4) is 0 Å². The molecule has 0 aromatic heterocycles. The first kappa shape index (κ1) is 15.0. The highest BCUT2D eigenvalue weighted by molar-refractivity contribution is 5.88. The summed E-state index contributed by atoms with van der Waals surface area (Å²) in [6.45, 7) is 8.17. The highest BCUT2D eigenvalue weighted by Crippen LogP contribution is 2.34. The van der Waals surface area contributed by atoms with E-state index < -0.39 is 0 Å². The molecule has 110 valence electrons. The molecule has 0 bridgehead atoms. The fourth-order valence-corrected chi connectivity index (χ4v) is 2.77. The molecular weight excluding hydrogens is 248 g/mol. The van der Waals surface area contributed by atoms with Gasteiger partial charge in [0, 0.05) is 6.04 Å². The van der Waals surface area contributed by atoms with E-state index >= 15 is 0 Å². The van der Waals surface area contributed by atoms with Gasteiger partial charge < -0.3 is 10.6 Å². The van der Waals surface area contributed by atoms with Crippen LogP contribution in [0.25, 0.3) is 0 Å². The van der Waals surface area contributed by atoms with E-state index in [0.29, 0.717) is 5.92 Å². The van der Waals surface area contributed by atoms with Crippen LogP contribution in [0, 0.1) is 5.92 Å². The molecule has 1 aromatic carbocycles. The largest absolute Gasteiger partial charge is 0.353 e. The Labute approximate surface area is 122 Å². The summed E-state index contributed by atoms with van der Waals surface area (Å²) in [4.78, 5) is 12.9. The van der Waals surface area contributed by atoms with Gasteiger partial charge in [-0.3, -0.25) is 4.79 Å². The Morgan fingerprint density at radius 3 is 2.30 bits per heavy atom. The normalized spacial score (nSPS) is 19.6. The molecule has 1 aliphatic heterocycles. The summed E-state index contributed by atoms with van der Waals surface area (Å²) in [5.41, 5.74) is 0.783. The third-order valence-corrected chi connectivity index (χ3v) is 4.58. The maximum atomic E-state index is 12.9. The van der Waals surface area contributed by atoms with Crippen LogP contribution in [0.15, 0.2) is 30.3 Å². The molecule has 0 spiro atoms. The van der Waals surface area contributed by atoms with Crippen molar-refractivity contribution in [1.29, 1.82) is 0 Å². The van der Waals surface area contributed by atoms with E-state index in [1.54, 1.807) is 0 Å². The van der Waals surface area contributed by atoms with Crippen molar-refractivity contribution >= 4 is 5.91 Å². The number of rotatable bonds is 4. The van der Waals surface area contributed by atoms with Crippen molar-refractivity contribution in [3.63, 3.8) is 0 Å². The van der Waals surface area contributed by atoms with E-state index in [9.17, 15) is 4.79 Å². The molecule has 0 radical (unpaired) electrons. The molecular formula is C17H26N2O. The lowest BCUT2D eigenvalue weighted by molar-refractivity contribution is -0.128. The number of carbonyl (C=O) groups excluding carboxylic acids is 1. The molecule has 1 heterocycles. The van der Waals surface area contributed by atoms with Crippen molar-refractivity contribution in [1.82, 2.24) is 10.6 Å². The zero-order valence-electron chi connectivity index (χ0n) is 12.8. The van der Waals surface area contributed by atoms with E-state index in [4.69, 9.17) is 0 Å². The van der Waals surface area contributed by atoms with Gasteiger partial charge in [-0.15, -0.1) is 0 Å². The Morgan fingerprint density at radius 1 is 1.15 bits per heavy atom. The first-order valence-electron chi connectivity index (χ1n) is 7.63. The Bertz CT molecular complexity index is 436. The maximum Gasteiger partial charge on any atom is 0.230 e. The van der Waals surface area contributed by atoms with Gasteiger partial charge in [0.1, 0.15) is 0 Å². The Hall–Kier alpha value is -1.35. The van der Waals surface area contributed by atoms with Crippen molar-refractivity contribution in [2.75, 3.05) is 13.1 Å². The van der Waals surface area contributed by atoms with Crippen molar-refractivity contribution in [2.45, 2.75) is 45.1 Å². The minimum Gasteiger partial charge on any atom is -0.353 e. The molecule has 1 atom stereocenters. The van der Waals surface area contributed by atoms with Crippen molar-refractivity contribution < 1.29 is 4.79 Å². The van der Waals surface area contributed by atoms with Crippen LogP contribution in [0.5, 0.6) is 0 Å². The van der Waals surface area contributed by atoms with E-state index in [-0.39, 0.29) is 17.4 Å². The standard InChI is InChI=1S/C17H26N2O/c1-13(2)14(3)19-16(20)17(9-11-18-12-10-17)15-7-5-4-6-8-15/h4-8,13-14,18H,9-12H2,1-3H3,(H,19,20). The van der Waals surface area contributed by atoms with Crippen LogP contribution in [0.2, 0.25) is 0 Å². The summed E-state index contributed by atoms with van der Waals surface area (Å²) in [5, 5.41) is 6.58. The highest BCUT2D eigenvalue weighted by atomic mass is 16.2. The second-order valence-corrected chi connectivity index (χ2v) is 6.20. The predicted molar refractivity (Wildman–Crippen MR) is 82.7 cm³/mol. The second-order valence-electron chi connectivity index (χ2n) is 6.20. The number of carbonyl (C=O) groups is 1. The van der Waals surface area contributed by atoms with Crippen molar-refractivity contribution in [2.24, 2.45) is 5.92 Å². The summed E-state index contributed by atoms with van der Waals surface area (Å²) < 4.78 is 0. The van der Waals surface area contributed by atoms with Gasteiger partial charge in [0.15, 0.2) is 0 Å². The Balaban J connectivity index is 2.26. The molecule has 3 heteroatoms. The number of piperidine rings is 1. The number of amides is 1.